The molecule has 2 amide bonds. The molecule has 5 rings (SSSR count). The van der Waals surface area contributed by atoms with Crippen LogP contribution < -0.4 is 16.0 Å². The molecule has 1 aliphatic carbocycles. The fraction of sp³-hybridized carbons (Fsp3) is 0.391. The van der Waals surface area contributed by atoms with E-state index in [-0.39, 0.29) is 23.6 Å². The van der Waals surface area contributed by atoms with Gasteiger partial charge >= 0.3 is 0 Å². The normalized spacial score (nSPS) is 20.9. The van der Waals surface area contributed by atoms with Gasteiger partial charge in [-0.25, -0.2) is 4.68 Å². The molecule has 3 N–H and O–H groups in total. The number of carbonyl (C=O) groups is 2. The van der Waals surface area contributed by atoms with Gasteiger partial charge in [0.15, 0.2) is 17.7 Å². The van der Waals surface area contributed by atoms with Gasteiger partial charge in [-0.3, -0.25) is 14.9 Å². The predicted octanol–water partition coefficient (Wildman–Crippen LogP) is 3.26. The van der Waals surface area contributed by atoms with Crippen LogP contribution in [0, 0.1) is 5.92 Å². The topological polar surface area (TPSA) is 114 Å². The molecule has 9 nitrogen and oxygen atoms in total. The minimum atomic E-state index is -0.538. The molecule has 2 unspecified atom stereocenters. The van der Waals surface area contributed by atoms with Crippen molar-refractivity contribution >= 4 is 17.6 Å². The van der Waals surface area contributed by atoms with Crippen LogP contribution in [0.15, 0.2) is 47.0 Å². The van der Waals surface area contributed by atoms with Gasteiger partial charge in [0.2, 0.25) is 5.91 Å². The second-order valence-electron chi connectivity index (χ2n) is 8.76. The van der Waals surface area contributed by atoms with Crippen molar-refractivity contribution in [3.63, 3.8) is 0 Å². The van der Waals surface area contributed by atoms with Gasteiger partial charge in [-0.15, -0.1) is 0 Å². The Morgan fingerprint density at radius 3 is 2.72 bits per heavy atom. The van der Waals surface area contributed by atoms with E-state index in [1.807, 2.05) is 36.4 Å². The molecule has 0 bridgehead atoms. The Labute approximate surface area is 185 Å². The summed E-state index contributed by atoms with van der Waals surface area (Å²) < 4.78 is 7.01. The summed E-state index contributed by atoms with van der Waals surface area (Å²) in [6, 6.07) is 13.0. The summed E-state index contributed by atoms with van der Waals surface area (Å²) >= 11 is 0. The van der Waals surface area contributed by atoms with Crippen LogP contribution in [-0.4, -0.2) is 32.8 Å². The summed E-state index contributed by atoms with van der Waals surface area (Å²) in [7, 11) is 0. The number of hydrogen-bond donors (Lipinski definition) is 3. The molecule has 0 radical (unpaired) electrons. The van der Waals surface area contributed by atoms with Gasteiger partial charge in [0.25, 0.3) is 5.91 Å². The minimum Gasteiger partial charge on any atom is -0.355 e. The molecule has 3 heterocycles. The molecular formula is C23H26N6O3. The Morgan fingerprint density at radius 1 is 1.22 bits per heavy atom. The van der Waals surface area contributed by atoms with E-state index in [4.69, 9.17) is 9.62 Å². The molecule has 3 aromatic rings. The van der Waals surface area contributed by atoms with Crippen LogP contribution in [0.5, 0.6) is 0 Å². The number of aromatic nitrogens is 3. The summed E-state index contributed by atoms with van der Waals surface area (Å²) in [5.74, 6) is 1.25. The number of nitrogens with zero attached hydrogens (tertiary/aromatic N) is 3. The number of benzene rings is 1. The largest absolute Gasteiger partial charge is 0.355 e. The summed E-state index contributed by atoms with van der Waals surface area (Å²) in [5, 5.41) is 17.9. The quantitative estimate of drug-likeness (QED) is 0.549. The van der Waals surface area contributed by atoms with Gasteiger partial charge in [-0.1, -0.05) is 49.3 Å². The van der Waals surface area contributed by atoms with E-state index in [0.29, 0.717) is 23.9 Å². The molecular weight excluding hydrogens is 408 g/mol. The summed E-state index contributed by atoms with van der Waals surface area (Å²) in [5.41, 5.74) is 1.92. The lowest BCUT2D eigenvalue weighted by Gasteiger charge is -2.34. The van der Waals surface area contributed by atoms with Gasteiger partial charge < -0.3 is 15.2 Å². The number of amides is 2. The van der Waals surface area contributed by atoms with Gasteiger partial charge in [0.1, 0.15) is 5.82 Å². The third-order valence-corrected chi connectivity index (χ3v) is 5.92. The monoisotopic (exact) mass is 434 g/mol. The highest BCUT2D eigenvalue weighted by molar-refractivity contribution is 6.02. The molecule has 32 heavy (non-hydrogen) atoms. The summed E-state index contributed by atoms with van der Waals surface area (Å²) in [6.45, 7) is 4.15. The number of hydrogen-bond acceptors (Lipinski definition) is 6. The zero-order valence-corrected chi connectivity index (χ0v) is 18.0. The highest BCUT2D eigenvalue weighted by Crippen LogP contribution is 2.40. The van der Waals surface area contributed by atoms with Gasteiger partial charge in [0, 0.05) is 36.1 Å². The average Bonchev–Trinajstić information content (AvgIpc) is 3.36. The van der Waals surface area contributed by atoms with Crippen LogP contribution >= 0.6 is 0 Å². The standard InChI is InChI=1S/C23H26N6O3/c1-13(2)16-12-21(30)26-23(24-16)29-20(11-17(27-29)14-8-9-14)25-22(31)18-10-19(32-28-18)15-6-4-3-5-7-15/h3-7,10-11,13-14,16,23-24H,8-9,12H2,1-2H3,(H,25,31)(H,26,30). The first-order valence-corrected chi connectivity index (χ1v) is 11.0. The van der Waals surface area contributed by atoms with Gasteiger partial charge in [-0.2, -0.15) is 5.10 Å². The van der Waals surface area contributed by atoms with E-state index >= 15 is 0 Å². The van der Waals surface area contributed by atoms with Crippen LogP contribution in [0.1, 0.15) is 61.5 Å². The van der Waals surface area contributed by atoms with Crippen molar-refractivity contribution < 1.29 is 14.1 Å². The second-order valence-corrected chi connectivity index (χ2v) is 8.76. The highest BCUT2D eigenvalue weighted by Gasteiger charge is 2.33. The molecule has 1 saturated carbocycles. The maximum Gasteiger partial charge on any atom is 0.279 e. The maximum atomic E-state index is 12.9. The summed E-state index contributed by atoms with van der Waals surface area (Å²) in [6.07, 6.45) is 2.03. The number of rotatable bonds is 6. The van der Waals surface area contributed by atoms with E-state index in [2.05, 4.69) is 35.0 Å². The maximum absolute atomic E-state index is 12.9. The lowest BCUT2D eigenvalue weighted by Crippen LogP contribution is -2.55. The van der Waals surface area contributed by atoms with Crippen molar-refractivity contribution in [2.75, 3.05) is 5.32 Å². The number of anilines is 1. The molecule has 1 aromatic carbocycles. The highest BCUT2D eigenvalue weighted by atomic mass is 16.5. The van der Waals surface area contributed by atoms with Crippen molar-refractivity contribution in [2.45, 2.75) is 51.4 Å². The predicted molar refractivity (Wildman–Crippen MR) is 118 cm³/mol. The third kappa shape index (κ3) is 4.16. The minimum absolute atomic E-state index is 0.0230. The molecule has 2 fully saturated rings. The van der Waals surface area contributed by atoms with E-state index in [1.54, 1.807) is 10.7 Å². The molecule has 1 saturated heterocycles. The molecule has 1 aliphatic heterocycles. The third-order valence-electron chi connectivity index (χ3n) is 5.92. The molecule has 2 atom stereocenters. The van der Waals surface area contributed by atoms with Gasteiger partial charge in [0.05, 0.1) is 5.69 Å². The van der Waals surface area contributed by atoms with Crippen molar-refractivity contribution in [2.24, 2.45) is 5.92 Å². The first-order valence-electron chi connectivity index (χ1n) is 11.0. The average molecular weight is 435 g/mol. The van der Waals surface area contributed by atoms with Crippen LogP contribution in [0.4, 0.5) is 5.82 Å². The van der Waals surface area contributed by atoms with Gasteiger partial charge in [-0.05, 0) is 18.8 Å². The Kier molecular flexibility index (Phi) is 5.26. The smallest absolute Gasteiger partial charge is 0.279 e. The fourth-order valence-corrected chi connectivity index (χ4v) is 3.86. The van der Waals surface area contributed by atoms with Crippen molar-refractivity contribution in [3.05, 3.63) is 53.9 Å². The Hall–Kier alpha value is -3.46. The molecule has 0 spiro atoms. The molecule has 9 heteroatoms. The Balaban J connectivity index is 1.39. The van der Waals surface area contributed by atoms with Crippen LogP contribution in [0.3, 0.4) is 0 Å². The van der Waals surface area contributed by atoms with Crippen molar-refractivity contribution in [3.8, 4) is 11.3 Å². The van der Waals surface area contributed by atoms with E-state index in [1.165, 1.54) is 0 Å². The number of carbonyl (C=O) groups excluding carboxylic acids is 2. The lowest BCUT2D eigenvalue weighted by atomic mass is 9.99. The van der Waals surface area contributed by atoms with E-state index < -0.39 is 12.2 Å². The number of nitrogens with one attached hydrogen (secondary N) is 3. The van der Waals surface area contributed by atoms with Crippen molar-refractivity contribution in [1.82, 2.24) is 25.6 Å². The summed E-state index contributed by atoms with van der Waals surface area (Å²) in [4.78, 5) is 25.2. The first-order chi connectivity index (χ1) is 15.5. The Bertz CT molecular complexity index is 1130. The Morgan fingerprint density at radius 2 is 2.00 bits per heavy atom. The second kappa shape index (κ2) is 8.23. The van der Waals surface area contributed by atoms with E-state index in [9.17, 15) is 9.59 Å². The van der Waals surface area contributed by atoms with Crippen LogP contribution in [0.25, 0.3) is 11.3 Å². The van der Waals surface area contributed by atoms with Crippen LogP contribution in [-0.2, 0) is 4.79 Å². The van der Waals surface area contributed by atoms with Crippen LogP contribution in [0.2, 0.25) is 0 Å². The fourth-order valence-electron chi connectivity index (χ4n) is 3.86. The molecule has 166 valence electrons. The lowest BCUT2D eigenvalue weighted by molar-refractivity contribution is -0.126. The first kappa shape index (κ1) is 20.4. The zero-order chi connectivity index (χ0) is 22.2. The van der Waals surface area contributed by atoms with Crippen molar-refractivity contribution in [1.29, 1.82) is 0 Å². The SMILES string of the molecule is CC(C)C1CC(=O)NC(n2nc(C3CC3)cc2NC(=O)c2cc(-c3ccccc3)on2)N1. The molecule has 2 aliphatic rings. The van der Waals surface area contributed by atoms with E-state index in [0.717, 1.165) is 24.1 Å². The molecule has 2 aromatic heterocycles. The zero-order valence-electron chi connectivity index (χ0n) is 18.0.